The van der Waals surface area contributed by atoms with Crippen molar-refractivity contribution in [2.75, 3.05) is 39.1 Å². The van der Waals surface area contributed by atoms with Crippen LogP contribution in [-0.4, -0.2) is 50.5 Å². The van der Waals surface area contributed by atoms with Crippen LogP contribution in [0.4, 0.5) is 5.69 Å². The molecule has 0 atom stereocenters. The second kappa shape index (κ2) is 9.27. The van der Waals surface area contributed by atoms with Crippen LogP contribution in [0.2, 0.25) is 0 Å². The molecule has 0 unspecified atom stereocenters. The van der Waals surface area contributed by atoms with Crippen LogP contribution in [0.15, 0.2) is 18.2 Å². The Labute approximate surface area is 143 Å². The Morgan fingerprint density at radius 3 is 2.92 bits per heavy atom. The van der Waals surface area contributed by atoms with Gasteiger partial charge >= 0.3 is 0 Å². The number of carbonyl (C=O) groups excluding carboxylic acids is 2. The number of fused-ring (bicyclic) bond motifs is 1. The molecule has 2 N–H and O–H groups in total. The highest BCUT2D eigenvalue weighted by Gasteiger charge is 2.14. The fourth-order valence-electron chi connectivity index (χ4n) is 2.58. The Balaban J connectivity index is 1.62. The minimum absolute atomic E-state index is 0.0627. The zero-order chi connectivity index (χ0) is 17.4. The van der Waals surface area contributed by atoms with E-state index in [0.717, 1.165) is 36.4 Å². The number of rotatable bonds is 9. The van der Waals surface area contributed by atoms with Crippen LogP contribution < -0.4 is 15.4 Å². The molecule has 0 aliphatic carbocycles. The van der Waals surface area contributed by atoms with Gasteiger partial charge in [0.15, 0.2) is 0 Å². The number of aryl methyl sites for hydroxylation is 1. The van der Waals surface area contributed by atoms with Gasteiger partial charge in [0.1, 0.15) is 5.75 Å². The Kier molecular flexibility index (Phi) is 7.06. The molecule has 132 valence electrons. The van der Waals surface area contributed by atoms with Crippen molar-refractivity contribution in [3.8, 4) is 5.75 Å². The summed E-state index contributed by atoms with van der Waals surface area (Å²) in [7, 11) is 4.04. The Morgan fingerprint density at radius 1 is 1.29 bits per heavy atom. The minimum Gasteiger partial charge on any atom is -0.494 e. The lowest BCUT2D eigenvalue weighted by atomic mass is 10.0. The van der Waals surface area contributed by atoms with E-state index in [0.29, 0.717) is 32.4 Å². The summed E-state index contributed by atoms with van der Waals surface area (Å²) in [6.07, 6.45) is 3.38. The SMILES string of the molecule is CN(C)CCCNC(=O)CCCOc1ccc2c(c1)CCC(=O)N2. The first-order valence-electron chi connectivity index (χ1n) is 8.51. The lowest BCUT2D eigenvalue weighted by Crippen LogP contribution is -2.27. The van der Waals surface area contributed by atoms with E-state index in [1.54, 1.807) is 0 Å². The van der Waals surface area contributed by atoms with E-state index in [1.165, 1.54) is 0 Å². The maximum atomic E-state index is 11.7. The Morgan fingerprint density at radius 2 is 2.12 bits per heavy atom. The molecule has 1 aliphatic heterocycles. The summed E-state index contributed by atoms with van der Waals surface area (Å²) in [6, 6.07) is 5.70. The zero-order valence-corrected chi connectivity index (χ0v) is 14.6. The summed E-state index contributed by atoms with van der Waals surface area (Å²) in [5, 5.41) is 5.77. The molecule has 0 fully saturated rings. The van der Waals surface area contributed by atoms with E-state index in [2.05, 4.69) is 15.5 Å². The lowest BCUT2D eigenvalue weighted by Gasteiger charge is -2.17. The van der Waals surface area contributed by atoms with Crippen molar-refractivity contribution < 1.29 is 14.3 Å². The molecule has 1 heterocycles. The smallest absolute Gasteiger partial charge is 0.224 e. The third-order valence-corrected chi connectivity index (χ3v) is 3.89. The number of nitrogens with zero attached hydrogens (tertiary/aromatic N) is 1. The number of hydrogen-bond donors (Lipinski definition) is 2. The lowest BCUT2D eigenvalue weighted by molar-refractivity contribution is -0.121. The van der Waals surface area contributed by atoms with E-state index in [4.69, 9.17) is 4.74 Å². The van der Waals surface area contributed by atoms with E-state index >= 15 is 0 Å². The van der Waals surface area contributed by atoms with Gasteiger partial charge < -0.3 is 20.3 Å². The topological polar surface area (TPSA) is 70.7 Å². The monoisotopic (exact) mass is 333 g/mol. The molecule has 2 rings (SSSR count). The summed E-state index contributed by atoms with van der Waals surface area (Å²) in [5.41, 5.74) is 1.97. The second-order valence-corrected chi connectivity index (χ2v) is 6.33. The van der Waals surface area contributed by atoms with E-state index in [9.17, 15) is 9.59 Å². The summed E-state index contributed by atoms with van der Waals surface area (Å²) >= 11 is 0. The van der Waals surface area contributed by atoms with Crippen molar-refractivity contribution >= 4 is 17.5 Å². The molecule has 0 aromatic heterocycles. The highest BCUT2D eigenvalue weighted by Crippen LogP contribution is 2.26. The average Bonchev–Trinajstić information content (AvgIpc) is 2.55. The molecular weight excluding hydrogens is 306 g/mol. The first-order valence-corrected chi connectivity index (χ1v) is 8.51. The third kappa shape index (κ3) is 6.20. The first-order chi connectivity index (χ1) is 11.5. The fourth-order valence-corrected chi connectivity index (χ4v) is 2.58. The maximum Gasteiger partial charge on any atom is 0.224 e. The number of benzene rings is 1. The van der Waals surface area contributed by atoms with Gasteiger partial charge in [-0.05, 0) is 63.7 Å². The average molecular weight is 333 g/mol. The fraction of sp³-hybridized carbons (Fsp3) is 0.556. The molecular formula is C18H27N3O3. The van der Waals surface area contributed by atoms with Gasteiger partial charge in [0.25, 0.3) is 0 Å². The molecule has 0 saturated carbocycles. The quantitative estimate of drug-likeness (QED) is 0.676. The summed E-state index contributed by atoms with van der Waals surface area (Å²) in [6.45, 7) is 2.20. The van der Waals surface area contributed by atoms with Gasteiger partial charge in [-0.15, -0.1) is 0 Å². The normalized spacial score (nSPS) is 13.4. The van der Waals surface area contributed by atoms with Crippen LogP contribution in [-0.2, 0) is 16.0 Å². The van der Waals surface area contributed by atoms with Crippen LogP contribution >= 0.6 is 0 Å². The van der Waals surface area contributed by atoms with Gasteiger partial charge in [-0.3, -0.25) is 9.59 Å². The molecule has 1 aromatic carbocycles. The molecule has 0 radical (unpaired) electrons. The highest BCUT2D eigenvalue weighted by molar-refractivity contribution is 5.94. The number of hydrogen-bond acceptors (Lipinski definition) is 4. The number of ether oxygens (including phenoxy) is 1. The Hall–Kier alpha value is -2.08. The molecule has 0 spiro atoms. The number of carbonyl (C=O) groups is 2. The molecule has 24 heavy (non-hydrogen) atoms. The highest BCUT2D eigenvalue weighted by atomic mass is 16.5. The van der Waals surface area contributed by atoms with Gasteiger partial charge in [-0.2, -0.15) is 0 Å². The van der Waals surface area contributed by atoms with Gasteiger partial charge in [0, 0.05) is 25.1 Å². The molecule has 1 aromatic rings. The maximum absolute atomic E-state index is 11.7. The Bertz CT molecular complexity index is 573. The molecule has 2 amide bonds. The first kappa shape index (κ1) is 18.3. The molecule has 0 bridgehead atoms. The number of nitrogens with one attached hydrogen (secondary N) is 2. The largest absolute Gasteiger partial charge is 0.494 e. The van der Waals surface area contributed by atoms with Gasteiger partial charge in [-0.25, -0.2) is 0 Å². The number of amides is 2. The summed E-state index contributed by atoms with van der Waals surface area (Å²) in [4.78, 5) is 25.1. The van der Waals surface area contributed by atoms with Crippen LogP contribution in [0.1, 0.15) is 31.2 Å². The van der Waals surface area contributed by atoms with E-state index in [-0.39, 0.29) is 11.8 Å². The zero-order valence-electron chi connectivity index (χ0n) is 14.6. The van der Waals surface area contributed by atoms with Crippen molar-refractivity contribution in [2.24, 2.45) is 0 Å². The van der Waals surface area contributed by atoms with Gasteiger partial charge in [0.05, 0.1) is 6.61 Å². The van der Waals surface area contributed by atoms with Crippen molar-refractivity contribution in [2.45, 2.75) is 32.1 Å². The molecule has 6 heteroatoms. The van der Waals surface area contributed by atoms with Crippen molar-refractivity contribution in [1.29, 1.82) is 0 Å². The van der Waals surface area contributed by atoms with Crippen LogP contribution in [0.3, 0.4) is 0 Å². The van der Waals surface area contributed by atoms with E-state index < -0.39 is 0 Å². The van der Waals surface area contributed by atoms with Crippen LogP contribution in [0.25, 0.3) is 0 Å². The van der Waals surface area contributed by atoms with Gasteiger partial charge in [0.2, 0.25) is 11.8 Å². The van der Waals surface area contributed by atoms with Crippen molar-refractivity contribution in [1.82, 2.24) is 10.2 Å². The van der Waals surface area contributed by atoms with E-state index in [1.807, 2.05) is 32.3 Å². The van der Waals surface area contributed by atoms with Crippen molar-refractivity contribution in [3.63, 3.8) is 0 Å². The summed E-state index contributed by atoms with van der Waals surface area (Å²) in [5.74, 6) is 0.926. The van der Waals surface area contributed by atoms with Crippen LogP contribution in [0, 0.1) is 0 Å². The molecule has 1 aliphatic rings. The molecule has 6 nitrogen and oxygen atoms in total. The van der Waals surface area contributed by atoms with Crippen molar-refractivity contribution in [3.05, 3.63) is 23.8 Å². The van der Waals surface area contributed by atoms with Crippen LogP contribution in [0.5, 0.6) is 5.75 Å². The predicted molar refractivity (Wildman–Crippen MR) is 94.3 cm³/mol. The minimum atomic E-state index is 0.0627. The standard InChI is InChI=1S/C18H27N3O3/c1-21(2)11-4-10-19-17(22)5-3-12-24-15-7-8-16-14(13-15)6-9-18(23)20-16/h7-8,13H,3-6,9-12H2,1-2H3,(H,19,22)(H,20,23). The predicted octanol–water partition coefficient (Wildman–Crippen LogP) is 1.80. The van der Waals surface area contributed by atoms with Gasteiger partial charge in [-0.1, -0.05) is 0 Å². The molecule has 0 saturated heterocycles. The summed E-state index contributed by atoms with van der Waals surface area (Å²) < 4.78 is 5.71. The third-order valence-electron chi connectivity index (χ3n) is 3.89. The number of anilines is 1. The second-order valence-electron chi connectivity index (χ2n) is 6.33.